The van der Waals surface area contributed by atoms with Gasteiger partial charge in [0.1, 0.15) is 0 Å². The molecule has 0 radical (unpaired) electrons. The van der Waals surface area contributed by atoms with Crippen LogP contribution in [0.2, 0.25) is 0 Å². The summed E-state index contributed by atoms with van der Waals surface area (Å²) < 4.78 is 4.77. The van der Waals surface area contributed by atoms with E-state index in [9.17, 15) is 4.79 Å². The molecule has 88 valence electrons. The second kappa shape index (κ2) is 4.56. The van der Waals surface area contributed by atoms with E-state index < -0.39 is 0 Å². The second-order valence-electron chi connectivity index (χ2n) is 4.74. The van der Waals surface area contributed by atoms with Gasteiger partial charge in [0, 0.05) is 12.6 Å². The van der Waals surface area contributed by atoms with Gasteiger partial charge >= 0.3 is 5.97 Å². The molecule has 0 saturated carbocycles. The number of hydrogen-bond donors (Lipinski definition) is 0. The smallest absolute Gasteiger partial charge is 0.339 e. The van der Waals surface area contributed by atoms with Crippen LogP contribution in [0.4, 0.5) is 5.69 Å². The van der Waals surface area contributed by atoms with Crippen molar-refractivity contribution in [3.63, 3.8) is 0 Å². The van der Waals surface area contributed by atoms with E-state index in [1.807, 2.05) is 25.2 Å². The molecule has 1 rings (SSSR count). The number of ether oxygens (including phenoxy) is 1. The fourth-order valence-electron chi connectivity index (χ4n) is 1.41. The third-order valence-corrected chi connectivity index (χ3v) is 2.68. The molecule has 0 spiro atoms. The van der Waals surface area contributed by atoms with Crippen molar-refractivity contribution in [3.05, 3.63) is 29.8 Å². The average molecular weight is 221 g/mol. The molecule has 3 heteroatoms. The van der Waals surface area contributed by atoms with Crippen LogP contribution in [0.5, 0.6) is 0 Å². The van der Waals surface area contributed by atoms with Crippen molar-refractivity contribution in [3.8, 4) is 0 Å². The molecule has 0 atom stereocenters. The van der Waals surface area contributed by atoms with Crippen molar-refractivity contribution in [1.82, 2.24) is 0 Å². The van der Waals surface area contributed by atoms with E-state index in [1.165, 1.54) is 7.11 Å². The summed E-state index contributed by atoms with van der Waals surface area (Å²) in [6.45, 7) is 6.29. The molecule has 0 amide bonds. The van der Waals surface area contributed by atoms with Gasteiger partial charge in [0.05, 0.1) is 18.4 Å². The Labute approximate surface area is 97.0 Å². The van der Waals surface area contributed by atoms with Crippen LogP contribution in [0.3, 0.4) is 0 Å². The molecule has 0 N–H and O–H groups in total. The zero-order chi connectivity index (χ0) is 12.3. The van der Waals surface area contributed by atoms with Crippen LogP contribution in [0.15, 0.2) is 24.3 Å². The molecule has 1 aromatic carbocycles. The summed E-state index contributed by atoms with van der Waals surface area (Å²) >= 11 is 0. The van der Waals surface area contributed by atoms with Gasteiger partial charge in [0.15, 0.2) is 0 Å². The number of para-hydroxylation sites is 1. The molecular formula is C13H19NO2. The lowest BCUT2D eigenvalue weighted by Crippen LogP contribution is -2.38. The van der Waals surface area contributed by atoms with E-state index >= 15 is 0 Å². The number of hydrogen-bond acceptors (Lipinski definition) is 3. The molecule has 16 heavy (non-hydrogen) atoms. The van der Waals surface area contributed by atoms with Crippen LogP contribution < -0.4 is 4.90 Å². The lowest BCUT2D eigenvalue weighted by atomic mass is 10.0. The van der Waals surface area contributed by atoms with E-state index in [-0.39, 0.29) is 11.5 Å². The Balaban J connectivity index is 3.18. The Morgan fingerprint density at radius 2 is 1.81 bits per heavy atom. The maximum absolute atomic E-state index is 11.6. The van der Waals surface area contributed by atoms with Gasteiger partial charge in [-0.05, 0) is 32.9 Å². The molecule has 0 heterocycles. The molecule has 0 aliphatic carbocycles. The highest BCUT2D eigenvalue weighted by Gasteiger charge is 2.22. The number of carbonyl (C=O) groups excluding carboxylic acids is 1. The van der Waals surface area contributed by atoms with E-state index in [2.05, 4.69) is 25.7 Å². The third kappa shape index (κ3) is 2.54. The molecule has 0 unspecified atom stereocenters. The lowest BCUT2D eigenvalue weighted by molar-refractivity contribution is 0.0601. The molecule has 0 bridgehead atoms. The van der Waals surface area contributed by atoms with Gasteiger partial charge in [-0.3, -0.25) is 0 Å². The van der Waals surface area contributed by atoms with Crippen molar-refractivity contribution in [1.29, 1.82) is 0 Å². The Kier molecular flexibility index (Phi) is 3.58. The molecule has 0 aromatic heterocycles. The van der Waals surface area contributed by atoms with Crippen LogP contribution in [0.1, 0.15) is 31.1 Å². The predicted molar refractivity (Wildman–Crippen MR) is 65.9 cm³/mol. The highest BCUT2D eigenvalue weighted by Crippen LogP contribution is 2.26. The first-order chi connectivity index (χ1) is 7.38. The summed E-state index contributed by atoms with van der Waals surface area (Å²) in [7, 11) is 3.37. The lowest BCUT2D eigenvalue weighted by Gasteiger charge is -2.35. The maximum Gasteiger partial charge on any atom is 0.339 e. The second-order valence-corrected chi connectivity index (χ2v) is 4.74. The van der Waals surface area contributed by atoms with Crippen LogP contribution in [0, 0.1) is 0 Å². The van der Waals surface area contributed by atoms with Crippen molar-refractivity contribution in [2.24, 2.45) is 0 Å². The molecular weight excluding hydrogens is 202 g/mol. The maximum atomic E-state index is 11.6. The minimum absolute atomic E-state index is 0.0376. The first-order valence-corrected chi connectivity index (χ1v) is 5.29. The van der Waals surface area contributed by atoms with Gasteiger partial charge in [-0.2, -0.15) is 0 Å². The summed E-state index contributed by atoms with van der Waals surface area (Å²) in [6, 6.07) is 7.47. The van der Waals surface area contributed by atoms with Crippen LogP contribution in [0.25, 0.3) is 0 Å². The number of carbonyl (C=O) groups is 1. The Bertz CT molecular complexity index is 380. The molecule has 0 saturated heterocycles. The van der Waals surface area contributed by atoms with Crippen molar-refractivity contribution >= 4 is 11.7 Å². The number of anilines is 1. The number of nitrogens with zero attached hydrogens (tertiary/aromatic N) is 1. The van der Waals surface area contributed by atoms with E-state index in [4.69, 9.17) is 4.74 Å². The van der Waals surface area contributed by atoms with Gasteiger partial charge in [0.2, 0.25) is 0 Å². The van der Waals surface area contributed by atoms with Gasteiger partial charge < -0.3 is 9.64 Å². The normalized spacial score (nSPS) is 11.1. The number of methoxy groups -OCH3 is 1. The fraction of sp³-hybridized carbons (Fsp3) is 0.462. The topological polar surface area (TPSA) is 29.5 Å². The van der Waals surface area contributed by atoms with E-state index in [0.717, 1.165) is 5.69 Å². The summed E-state index contributed by atoms with van der Waals surface area (Å²) in [5, 5.41) is 0. The Morgan fingerprint density at radius 1 is 1.25 bits per heavy atom. The standard InChI is InChI=1S/C13H19NO2/c1-13(2,3)14(4)11-9-7-6-8-10(11)12(15)16-5/h6-9H,1-5H3. The average Bonchev–Trinajstić information content (AvgIpc) is 2.25. The fourth-order valence-corrected chi connectivity index (χ4v) is 1.41. The number of rotatable bonds is 2. The monoisotopic (exact) mass is 221 g/mol. The van der Waals surface area contributed by atoms with Crippen LogP contribution in [-0.2, 0) is 4.74 Å². The summed E-state index contributed by atoms with van der Waals surface area (Å²) in [4.78, 5) is 13.7. The zero-order valence-corrected chi connectivity index (χ0v) is 10.6. The molecule has 1 aromatic rings. The SMILES string of the molecule is COC(=O)c1ccccc1N(C)C(C)(C)C. The minimum atomic E-state index is -0.299. The molecule has 0 aliphatic rings. The van der Waals surface area contributed by atoms with Crippen LogP contribution >= 0.6 is 0 Å². The first-order valence-electron chi connectivity index (χ1n) is 5.29. The van der Waals surface area contributed by atoms with E-state index in [0.29, 0.717) is 5.56 Å². The van der Waals surface area contributed by atoms with Gasteiger partial charge in [-0.25, -0.2) is 4.79 Å². The molecule has 3 nitrogen and oxygen atoms in total. The summed E-state index contributed by atoms with van der Waals surface area (Å²) in [5.41, 5.74) is 1.45. The van der Waals surface area contributed by atoms with Gasteiger partial charge in [-0.1, -0.05) is 12.1 Å². The number of esters is 1. The Hall–Kier alpha value is -1.51. The van der Waals surface area contributed by atoms with E-state index in [1.54, 1.807) is 6.07 Å². The number of benzene rings is 1. The first kappa shape index (κ1) is 12.6. The van der Waals surface area contributed by atoms with Gasteiger partial charge in [-0.15, -0.1) is 0 Å². The van der Waals surface area contributed by atoms with Crippen LogP contribution in [-0.4, -0.2) is 25.7 Å². The molecule has 0 aliphatic heterocycles. The van der Waals surface area contributed by atoms with Crippen molar-refractivity contribution in [2.75, 3.05) is 19.1 Å². The largest absolute Gasteiger partial charge is 0.465 e. The van der Waals surface area contributed by atoms with Gasteiger partial charge in [0.25, 0.3) is 0 Å². The predicted octanol–water partition coefficient (Wildman–Crippen LogP) is 2.71. The highest BCUT2D eigenvalue weighted by atomic mass is 16.5. The quantitative estimate of drug-likeness (QED) is 0.719. The highest BCUT2D eigenvalue weighted by molar-refractivity contribution is 5.95. The zero-order valence-electron chi connectivity index (χ0n) is 10.6. The van der Waals surface area contributed by atoms with Crippen molar-refractivity contribution < 1.29 is 9.53 Å². The third-order valence-electron chi connectivity index (χ3n) is 2.68. The summed E-state index contributed by atoms with van der Waals surface area (Å²) in [5.74, 6) is -0.299. The molecule has 0 fully saturated rings. The summed E-state index contributed by atoms with van der Waals surface area (Å²) in [6.07, 6.45) is 0. The minimum Gasteiger partial charge on any atom is -0.465 e. The Morgan fingerprint density at radius 3 is 2.31 bits per heavy atom. The van der Waals surface area contributed by atoms with Crippen molar-refractivity contribution in [2.45, 2.75) is 26.3 Å².